The molecule has 170 valence electrons. The molecule has 5 heteroatoms. The van der Waals surface area contributed by atoms with Gasteiger partial charge in [0.05, 0.1) is 0 Å². The van der Waals surface area contributed by atoms with Gasteiger partial charge in [-0.15, -0.1) is 0 Å². The molecule has 1 unspecified atom stereocenters. The second-order valence-corrected chi connectivity index (χ2v) is 8.49. The monoisotopic (exact) mass is 442 g/mol. The van der Waals surface area contributed by atoms with Crippen LogP contribution in [-0.2, 0) is 4.79 Å². The topological polar surface area (TPSA) is 58.6 Å². The molecule has 5 nitrogen and oxygen atoms in total. The van der Waals surface area contributed by atoms with Crippen molar-refractivity contribution in [2.75, 3.05) is 4.90 Å². The highest BCUT2D eigenvalue weighted by Crippen LogP contribution is 2.31. The van der Waals surface area contributed by atoms with Crippen LogP contribution in [0.4, 0.5) is 10.5 Å². The van der Waals surface area contributed by atoms with E-state index < -0.39 is 12.1 Å². The van der Waals surface area contributed by atoms with Gasteiger partial charge in [0.15, 0.2) is 0 Å². The van der Waals surface area contributed by atoms with Gasteiger partial charge in [-0.3, -0.25) is 9.69 Å². The number of benzene rings is 3. The molecule has 0 aliphatic heterocycles. The Morgan fingerprint density at radius 2 is 1.45 bits per heavy atom. The molecule has 2 amide bonds. The van der Waals surface area contributed by atoms with Crippen molar-refractivity contribution in [3.05, 3.63) is 96.1 Å². The fourth-order valence-electron chi connectivity index (χ4n) is 4.41. The molecule has 0 bridgehead atoms. The number of nitrogens with one attached hydrogen (secondary N) is 1. The lowest BCUT2D eigenvalue weighted by Gasteiger charge is -2.33. The normalized spacial score (nSPS) is 14.8. The Bertz CT molecular complexity index is 1060. The maximum atomic E-state index is 13.8. The predicted octanol–water partition coefficient (Wildman–Crippen LogP) is 6.19. The molecule has 1 aliphatic carbocycles. The summed E-state index contributed by atoms with van der Waals surface area (Å²) < 4.78 is 5.72. The number of aryl methyl sites for hydroxylation is 1. The molecule has 1 N–H and O–H groups in total. The van der Waals surface area contributed by atoms with Gasteiger partial charge in [-0.2, -0.15) is 0 Å². The molecule has 33 heavy (non-hydrogen) atoms. The minimum Gasteiger partial charge on any atom is -0.410 e. The van der Waals surface area contributed by atoms with Crippen LogP contribution in [0.5, 0.6) is 5.75 Å². The summed E-state index contributed by atoms with van der Waals surface area (Å²) in [5.74, 6) is 0.240. The van der Waals surface area contributed by atoms with Crippen molar-refractivity contribution in [1.29, 1.82) is 0 Å². The Morgan fingerprint density at radius 3 is 2.12 bits per heavy atom. The van der Waals surface area contributed by atoms with Gasteiger partial charge in [0.1, 0.15) is 11.8 Å². The van der Waals surface area contributed by atoms with Crippen LogP contribution < -0.4 is 15.0 Å². The Balaban J connectivity index is 1.74. The van der Waals surface area contributed by atoms with Gasteiger partial charge in [0, 0.05) is 11.7 Å². The summed E-state index contributed by atoms with van der Waals surface area (Å²) in [7, 11) is 0. The van der Waals surface area contributed by atoms with E-state index in [9.17, 15) is 9.59 Å². The molecule has 0 saturated heterocycles. The van der Waals surface area contributed by atoms with Crippen molar-refractivity contribution < 1.29 is 14.3 Å². The third kappa shape index (κ3) is 5.61. The standard InChI is InChI=1S/C28H30N2O3/c1-21-13-11-12-20-25(21)26(27(31)29-22-14-5-2-6-15-22)30(23-16-7-3-8-17-23)28(32)33-24-18-9-4-10-19-24/h3-4,7-13,16-20,22,26H,2,5-6,14-15H2,1H3,(H,29,31). The number of carbonyl (C=O) groups is 2. The zero-order valence-corrected chi connectivity index (χ0v) is 18.9. The van der Waals surface area contributed by atoms with Crippen molar-refractivity contribution in [3.8, 4) is 5.75 Å². The van der Waals surface area contributed by atoms with Crippen LogP contribution in [0.3, 0.4) is 0 Å². The summed E-state index contributed by atoms with van der Waals surface area (Å²) in [6.45, 7) is 1.96. The van der Waals surface area contributed by atoms with Gasteiger partial charge in [0.25, 0.3) is 0 Å². The summed E-state index contributed by atoms with van der Waals surface area (Å²) in [6.07, 6.45) is 4.75. The molecule has 1 fully saturated rings. The van der Waals surface area contributed by atoms with Crippen molar-refractivity contribution in [3.63, 3.8) is 0 Å². The highest BCUT2D eigenvalue weighted by molar-refractivity contribution is 5.99. The molecule has 0 spiro atoms. The van der Waals surface area contributed by atoms with E-state index >= 15 is 0 Å². The molecule has 4 rings (SSSR count). The number of nitrogens with zero attached hydrogens (tertiary/aromatic N) is 1. The number of ether oxygens (including phenoxy) is 1. The fourth-order valence-corrected chi connectivity index (χ4v) is 4.41. The zero-order chi connectivity index (χ0) is 23.0. The van der Waals surface area contributed by atoms with Crippen molar-refractivity contribution in [1.82, 2.24) is 5.32 Å². The van der Waals surface area contributed by atoms with Gasteiger partial charge in [0.2, 0.25) is 5.91 Å². The van der Waals surface area contributed by atoms with Crippen molar-refractivity contribution >= 4 is 17.7 Å². The van der Waals surface area contributed by atoms with E-state index in [4.69, 9.17) is 4.74 Å². The van der Waals surface area contributed by atoms with Crippen LogP contribution in [0, 0.1) is 6.92 Å². The number of rotatable bonds is 6. The van der Waals surface area contributed by atoms with E-state index in [1.165, 1.54) is 11.3 Å². The lowest BCUT2D eigenvalue weighted by Crippen LogP contribution is -2.48. The fraction of sp³-hybridized carbons (Fsp3) is 0.286. The highest BCUT2D eigenvalue weighted by Gasteiger charge is 2.36. The van der Waals surface area contributed by atoms with E-state index in [-0.39, 0.29) is 11.9 Å². The van der Waals surface area contributed by atoms with Crippen LogP contribution in [0.2, 0.25) is 0 Å². The second-order valence-electron chi connectivity index (χ2n) is 8.49. The summed E-state index contributed by atoms with van der Waals surface area (Å²) in [4.78, 5) is 28.8. The lowest BCUT2D eigenvalue weighted by molar-refractivity contribution is -0.123. The van der Waals surface area contributed by atoms with E-state index in [0.717, 1.165) is 36.8 Å². The van der Waals surface area contributed by atoms with Gasteiger partial charge >= 0.3 is 6.09 Å². The Kier molecular flexibility index (Phi) is 7.40. The summed E-state index contributed by atoms with van der Waals surface area (Å²) in [6, 6.07) is 25.1. The molecule has 1 aliphatic rings. The van der Waals surface area contributed by atoms with Crippen molar-refractivity contribution in [2.45, 2.75) is 51.1 Å². The number of amides is 2. The number of carbonyl (C=O) groups excluding carboxylic acids is 2. The first-order valence-electron chi connectivity index (χ1n) is 11.6. The van der Waals surface area contributed by atoms with Gasteiger partial charge in [-0.1, -0.05) is 79.9 Å². The minimum atomic E-state index is -0.855. The Labute approximate surface area is 195 Å². The highest BCUT2D eigenvalue weighted by atomic mass is 16.6. The third-order valence-electron chi connectivity index (χ3n) is 6.12. The van der Waals surface area contributed by atoms with E-state index in [0.29, 0.717) is 11.4 Å². The molecule has 1 saturated carbocycles. The summed E-state index contributed by atoms with van der Waals surface area (Å²) in [5, 5.41) is 3.23. The number of para-hydroxylation sites is 2. The van der Waals surface area contributed by atoms with Gasteiger partial charge in [-0.25, -0.2) is 4.79 Å². The first-order chi connectivity index (χ1) is 16.1. The van der Waals surface area contributed by atoms with Crippen LogP contribution in [0.15, 0.2) is 84.9 Å². The van der Waals surface area contributed by atoms with E-state index in [1.54, 1.807) is 12.1 Å². The number of hydrogen-bond acceptors (Lipinski definition) is 3. The minimum absolute atomic E-state index is 0.125. The summed E-state index contributed by atoms with van der Waals surface area (Å²) >= 11 is 0. The number of anilines is 1. The summed E-state index contributed by atoms with van der Waals surface area (Å²) in [5.41, 5.74) is 2.32. The molecular weight excluding hydrogens is 412 g/mol. The molecular formula is C28H30N2O3. The molecule has 0 aromatic heterocycles. The first-order valence-corrected chi connectivity index (χ1v) is 11.6. The van der Waals surface area contributed by atoms with Crippen LogP contribution in [0.25, 0.3) is 0 Å². The second kappa shape index (κ2) is 10.8. The van der Waals surface area contributed by atoms with Crippen molar-refractivity contribution in [2.24, 2.45) is 0 Å². The number of hydrogen-bond donors (Lipinski definition) is 1. The Morgan fingerprint density at radius 1 is 0.848 bits per heavy atom. The molecule has 1 atom stereocenters. The molecule has 0 radical (unpaired) electrons. The average Bonchev–Trinajstić information content (AvgIpc) is 2.85. The smallest absolute Gasteiger partial charge is 0.410 e. The van der Waals surface area contributed by atoms with Crippen LogP contribution in [0.1, 0.15) is 49.3 Å². The lowest BCUT2D eigenvalue weighted by atomic mass is 9.94. The predicted molar refractivity (Wildman–Crippen MR) is 130 cm³/mol. The van der Waals surface area contributed by atoms with Crippen LogP contribution >= 0.6 is 0 Å². The molecule has 0 heterocycles. The SMILES string of the molecule is Cc1ccccc1C(C(=O)NC1CCCCC1)N(C(=O)Oc1ccccc1)c1ccccc1. The third-order valence-corrected chi connectivity index (χ3v) is 6.12. The molecule has 3 aromatic rings. The maximum Gasteiger partial charge on any atom is 0.420 e. The molecule has 3 aromatic carbocycles. The zero-order valence-electron chi connectivity index (χ0n) is 18.9. The van der Waals surface area contributed by atoms with E-state index in [1.807, 2.05) is 79.7 Å². The Hall–Kier alpha value is -3.60. The largest absolute Gasteiger partial charge is 0.420 e. The van der Waals surface area contributed by atoms with Crippen LogP contribution in [-0.4, -0.2) is 18.0 Å². The quantitative estimate of drug-likeness (QED) is 0.495. The van der Waals surface area contributed by atoms with E-state index in [2.05, 4.69) is 5.32 Å². The first kappa shape index (κ1) is 22.6. The van der Waals surface area contributed by atoms with Gasteiger partial charge in [-0.05, 0) is 55.2 Å². The van der Waals surface area contributed by atoms with Gasteiger partial charge < -0.3 is 10.1 Å². The average molecular weight is 443 g/mol. The maximum absolute atomic E-state index is 13.8.